The minimum absolute atomic E-state index is 0.0520. The van der Waals surface area contributed by atoms with Crippen molar-refractivity contribution in [2.24, 2.45) is 4.99 Å². The molecule has 2 amide bonds. The maximum absolute atomic E-state index is 13.1. The molecule has 1 aromatic carbocycles. The lowest BCUT2D eigenvalue weighted by Gasteiger charge is -2.43. The van der Waals surface area contributed by atoms with Crippen LogP contribution in [-0.4, -0.2) is 53.2 Å². The van der Waals surface area contributed by atoms with Gasteiger partial charge in [-0.2, -0.15) is 4.99 Å². The van der Waals surface area contributed by atoms with Crippen LogP contribution >= 0.6 is 0 Å². The first-order valence-electron chi connectivity index (χ1n) is 8.61. The summed E-state index contributed by atoms with van der Waals surface area (Å²) in [5, 5.41) is 0. The number of hydrogen-bond acceptors (Lipinski definition) is 4. The molecule has 0 aromatic heterocycles. The number of nitrogens with zero attached hydrogens (tertiary/aromatic N) is 3. The summed E-state index contributed by atoms with van der Waals surface area (Å²) in [6.07, 6.45) is 5.61. The molecule has 0 radical (unpaired) electrons. The highest BCUT2D eigenvalue weighted by molar-refractivity contribution is 6.09. The van der Waals surface area contributed by atoms with Gasteiger partial charge in [-0.3, -0.25) is 9.59 Å². The van der Waals surface area contributed by atoms with Gasteiger partial charge in [0, 0.05) is 13.2 Å². The third kappa shape index (κ3) is 3.54. The smallest absolute Gasteiger partial charge is 0.250 e. The number of likely N-dealkylation sites (N-methyl/N-ethyl adjacent to an activating group) is 1. The molecule has 3 rings (SSSR count). The molecular weight excluding hydrogens is 330 g/mol. The first kappa shape index (κ1) is 17.9. The molecule has 1 atom stereocenters. The van der Waals surface area contributed by atoms with Crippen LogP contribution in [0, 0.1) is 0 Å². The van der Waals surface area contributed by atoms with Crippen LogP contribution in [0.25, 0.3) is 0 Å². The van der Waals surface area contributed by atoms with Crippen molar-refractivity contribution in [1.29, 1.82) is 0 Å². The summed E-state index contributed by atoms with van der Waals surface area (Å²) in [5.74, 6) is 0.875. The van der Waals surface area contributed by atoms with Crippen LogP contribution in [0.5, 0.6) is 5.75 Å². The average molecular weight is 353 g/mol. The van der Waals surface area contributed by atoms with E-state index in [1.165, 1.54) is 0 Å². The first-order valence-corrected chi connectivity index (χ1v) is 8.61. The van der Waals surface area contributed by atoms with Crippen molar-refractivity contribution in [3.05, 3.63) is 54.3 Å². The largest absolute Gasteiger partial charge is 0.492 e. The molecule has 2 heterocycles. The van der Waals surface area contributed by atoms with Gasteiger partial charge in [-0.05, 0) is 43.7 Å². The van der Waals surface area contributed by atoms with Crippen molar-refractivity contribution in [2.75, 3.05) is 20.2 Å². The molecule has 0 bridgehead atoms. The number of para-hydroxylation sites is 1. The van der Waals surface area contributed by atoms with Gasteiger partial charge < -0.3 is 14.5 Å². The Labute approximate surface area is 153 Å². The Morgan fingerprint density at radius 3 is 2.81 bits per heavy atom. The molecule has 2 aliphatic rings. The maximum Gasteiger partial charge on any atom is 0.250 e. The number of hydrogen-bond donors (Lipinski definition) is 0. The van der Waals surface area contributed by atoms with Crippen molar-refractivity contribution >= 4 is 17.6 Å². The normalized spacial score (nSPS) is 21.7. The maximum atomic E-state index is 13.1. The fraction of sp³-hybridized carbons (Fsp3) is 0.350. The van der Waals surface area contributed by atoms with Crippen molar-refractivity contribution in [3.8, 4) is 5.75 Å². The lowest BCUT2D eigenvalue weighted by Crippen LogP contribution is -2.60. The van der Waals surface area contributed by atoms with E-state index in [-0.39, 0.29) is 18.2 Å². The fourth-order valence-electron chi connectivity index (χ4n) is 3.15. The van der Waals surface area contributed by atoms with Gasteiger partial charge in [0.2, 0.25) is 5.91 Å². The zero-order chi connectivity index (χ0) is 18.7. The lowest BCUT2D eigenvalue weighted by molar-refractivity contribution is -0.142. The number of rotatable bonds is 5. The number of fused-ring (bicyclic) bond motifs is 1. The molecule has 26 heavy (non-hydrogen) atoms. The molecule has 6 nitrogen and oxygen atoms in total. The van der Waals surface area contributed by atoms with Crippen molar-refractivity contribution in [1.82, 2.24) is 9.80 Å². The lowest BCUT2D eigenvalue weighted by atomic mass is 9.90. The Bertz CT molecular complexity index is 798. The molecule has 0 aliphatic carbocycles. The topological polar surface area (TPSA) is 62.2 Å². The van der Waals surface area contributed by atoms with Crippen molar-refractivity contribution < 1.29 is 14.3 Å². The van der Waals surface area contributed by atoms with Crippen LogP contribution in [0.15, 0.2) is 59.2 Å². The van der Waals surface area contributed by atoms with Gasteiger partial charge in [-0.25, -0.2) is 0 Å². The van der Waals surface area contributed by atoms with E-state index in [9.17, 15) is 9.59 Å². The van der Waals surface area contributed by atoms with E-state index < -0.39 is 5.54 Å². The minimum atomic E-state index is -0.983. The second kappa shape index (κ2) is 7.15. The van der Waals surface area contributed by atoms with Gasteiger partial charge in [0.25, 0.3) is 5.91 Å². The SMILES string of the molecule is CC1=CC2=NC(=O)CC(C)(C(=O)N(C)CCOc3ccccc3)N2C=C1. The van der Waals surface area contributed by atoms with Crippen LogP contribution in [0.4, 0.5) is 0 Å². The highest BCUT2D eigenvalue weighted by Crippen LogP contribution is 2.30. The highest BCUT2D eigenvalue weighted by atomic mass is 16.5. The number of carbonyl (C=O) groups excluding carboxylic acids is 2. The van der Waals surface area contributed by atoms with Gasteiger partial charge >= 0.3 is 0 Å². The number of allylic oxidation sites excluding steroid dienone is 2. The number of ether oxygens (including phenoxy) is 1. The summed E-state index contributed by atoms with van der Waals surface area (Å²) >= 11 is 0. The van der Waals surface area contributed by atoms with Gasteiger partial charge in [0.15, 0.2) is 0 Å². The quantitative estimate of drug-likeness (QED) is 0.815. The Balaban J connectivity index is 1.68. The van der Waals surface area contributed by atoms with Crippen LogP contribution in [-0.2, 0) is 9.59 Å². The molecule has 136 valence electrons. The summed E-state index contributed by atoms with van der Waals surface area (Å²) in [6, 6.07) is 9.47. The van der Waals surface area contributed by atoms with Gasteiger partial charge in [0.1, 0.15) is 23.7 Å². The predicted octanol–water partition coefficient (Wildman–Crippen LogP) is 2.39. The zero-order valence-electron chi connectivity index (χ0n) is 15.3. The number of aliphatic imine (C=N–C) groups is 1. The highest BCUT2D eigenvalue weighted by Gasteiger charge is 2.46. The average Bonchev–Trinajstić information content (AvgIpc) is 2.61. The van der Waals surface area contributed by atoms with E-state index in [2.05, 4.69) is 4.99 Å². The summed E-state index contributed by atoms with van der Waals surface area (Å²) in [5.41, 5.74) is 0.0118. The molecule has 6 heteroatoms. The predicted molar refractivity (Wildman–Crippen MR) is 99.8 cm³/mol. The van der Waals surface area contributed by atoms with E-state index in [1.807, 2.05) is 55.6 Å². The number of carbonyl (C=O) groups is 2. The molecule has 0 N–H and O–H groups in total. The molecule has 1 aromatic rings. The van der Waals surface area contributed by atoms with Gasteiger partial charge in [-0.1, -0.05) is 18.2 Å². The number of amidine groups is 1. The molecular formula is C20H23N3O3. The zero-order valence-corrected chi connectivity index (χ0v) is 15.3. The summed E-state index contributed by atoms with van der Waals surface area (Å²) in [4.78, 5) is 32.7. The molecule has 0 saturated heterocycles. The monoisotopic (exact) mass is 353 g/mol. The molecule has 2 aliphatic heterocycles. The van der Waals surface area contributed by atoms with E-state index in [1.54, 1.807) is 23.8 Å². The van der Waals surface area contributed by atoms with Crippen LogP contribution < -0.4 is 4.74 Å². The summed E-state index contributed by atoms with van der Waals surface area (Å²) < 4.78 is 5.67. The van der Waals surface area contributed by atoms with E-state index in [0.29, 0.717) is 19.0 Å². The molecule has 0 spiro atoms. The van der Waals surface area contributed by atoms with Crippen LogP contribution in [0.3, 0.4) is 0 Å². The van der Waals surface area contributed by atoms with Gasteiger partial charge in [-0.15, -0.1) is 0 Å². The standard InChI is InChI=1S/C20H23N3O3/c1-15-9-10-23-17(13-15)21-18(24)14-20(23,2)19(25)22(3)11-12-26-16-7-5-4-6-8-16/h4-10,13H,11-12,14H2,1-3H3. The second-order valence-corrected chi connectivity index (χ2v) is 6.78. The Kier molecular flexibility index (Phi) is 4.93. The summed E-state index contributed by atoms with van der Waals surface area (Å²) in [6.45, 7) is 4.53. The van der Waals surface area contributed by atoms with Crippen LogP contribution in [0.1, 0.15) is 20.3 Å². The molecule has 0 saturated carbocycles. The van der Waals surface area contributed by atoms with Crippen molar-refractivity contribution in [3.63, 3.8) is 0 Å². The van der Waals surface area contributed by atoms with E-state index in [4.69, 9.17) is 4.74 Å². The van der Waals surface area contributed by atoms with Crippen molar-refractivity contribution in [2.45, 2.75) is 25.8 Å². The number of benzene rings is 1. The Morgan fingerprint density at radius 2 is 2.08 bits per heavy atom. The number of amides is 2. The van der Waals surface area contributed by atoms with E-state index >= 15 is 0 Å². The second-order valence-electron chi connectivity index (χ2n) is 6.78. The third-order valence-electron chi connectivity index (χ3n) is 4.60. The first-order chi connectivity index (χ1) is 12.4. The Hall–Kier alpha value is -2.89. The fourth-order valence-corrected chi connectivity index (χ4v) is 3.15. The molecule has 0 fully saturated rings. The van der Waals surface area contributed by atoms with E-state index in [0.717, 1.165) is 11.3 Å². The van der Waals surface area contributed by atoms with Gasteiger partial charge in [0.05, 0.1) is 13.0 Å². The Morgan fingerprint density at radius 1 is 1.35 bits per heavy atom. The third-order valence-corrected chi connectivity index (χ3v) is 4.60. The van der Waals surface area contributed by atoms with Crippen LogP contribution in [0.2, 0.25) is 0 Å². The minimum Gasteiger partial charge on any atom is -0.492 e. The molecule has 1 unspecified atom stereocenters. The summed E-state index contributed by atoms with van der Waals surface area (Å²) in [7, 11) is 1.73.